The molecular formula is C23H31N5OS. The summed E-state index contributed by atoms with van der Waals surface area (Å²) in [6.07, 6.45) is 1.35. The molecule has 2 aromatic rings. The number of carbonyl (C=O) groups excluding carboxylic acids is 1. The van der Waals surface area contributed by atoms with Crippen LogP contribution in [-0.4, -0.2) is 60.9 Å². The molecule has 1 amide bonds. The molecule has 0 bridgehead atoms. The van der Waals surface area contributed by atoms with Crippen molar-refractivity contribution in [2.75, 3.05) is 44.2 Å². The molecule has 2 aliphatic heterocycles. The molecule has 160 valence electrons. The molecule has 0 aliphatic carbocycles. The highest BCUT2D eigenvalue weighted by atomic mass is 32.1. The number of anilines is 1. The maximum atomic E-state index is 12.6. The van der Waals surface area contributed by atoms with Crippen molar-refractivity contribution in [3.8, 4) is 0 Å². The Bertz CT molecular complexity index is 833. The van der Waals surface area contributed by atoms with Crippen molar-refractivity contribution >= 4 is 28.2 Å². The fraction of sp³-hybridized carbons (Fsp3) is 0.478. The quantitative estimate of drug-likeness (QED) is 0.439. The van der Waals surface area contributed by atoms with Crippen LogP contribution in [0.5, 0.6) is 0 Å². The van der Waals surface area contributed by atoms with E-state index in [1.807, 2.05) is 17.0 Å². The van der Waals surface area contributed by atoms with Gasteiger partial charge in [0, 0.05) is 58.8 Å². The lowest BCUT2D eigenvalue weighted by Crippen LogP contribution is -2.52. The first kappa shape index (κ1) is 20.7. The number of hydrogen-bond donors (Lipinski definition) is 1. The summed E-state index contributed by atoms with van der Waals surface area (Å²) < 4.78 is 0. The summed E-state index contributed by atoms with van der Waals surface area (Å²) in [6.45, 7) is 9.09. The summed E-state index contributed by atoms with van der Waals surface area (Å²) in [5, 5.41) is 6.90. The molecular weight excluding hydrogens is 394 g/mol. The minimum absolute atomic E-state index is 0.232. The second-order valence-electron chi connectivity index (χ2n) is 7.78. The van der Waals surface area contributed by atoms with Crippen LogP contribution < -0.4 is 10.2 Å². The zero-order valence-corrected chi connectivity index (χ0v) is 18.5. The molecule has 1 saturated heterocycles. The van der Waals surface area contributed by atoms with Gasteiger partial charge in [0.15, 0.2) is 5.96 Å². The molecule has 0 unspecified atom stereocenters. The second kappa shape index (κ2) is 9.98. The van der Waals surface area contributed by atoms with Crippen molar-refractivity contribution in [2.24, 2.45) is 4.99 Å². The van der Waals surface area contributed by atoms with E-state index < -0.39 is 0 Å². The maximum Gasteiger partial charge on any atom is 0.223 e. The summed E-state index contributed by atoms with van der Waals surface area (Å²) in [5.74, 6) is 1.21. The average molecular weight is 426 g/mol. The Morgan fingerprint density at radius 3 is 2.40 bits per heavy atom. The van der Waals surface area contributed by atoms with Crippen LogP contribution in [-0.2, 0) is 17.9 Å². The normalized spacial score (nSPS) is 16.7. The van der Waals surface area contributed by atoms with Crippen LogP contribution in [0.2, 0.25) is 0 Å². The fourth-order valence-electron chi connectivity index (χ4n) is 4.10. The third kappa shape index (κ3) is 4.95. The van der Waals surface area contributed by atoms with E-state index in [9.17, 15) is 4.79 Å². The molecule has 1 fully saturated rings. The van der Waals surface area contributed by atoms with Crippen molar-refractivity contribution in [3.63, 3.8) is 0 Å². The largest absolute Gasteiger partial charge is 0.360 e. The highest BCUT2D eigenvalue weighted by Crippen LogP contribution is 2.23. The number of nitrogens with one attached hydrogen (secondary N) is 1. The molecule has 0 saturated carbocycles. The van der Waals surface area contributed by atoms with Gasteiger partial charge in [-0.15, -0.1) is 11.3 Å². The van der Waals surface area contributed by atoms with E-state index in [2.05, 4.69) is 51.7 Å². The van der Waals surface area contributed by atoms with Gasteiger partial charge in [-0.25, -0.2) is 0 Å². The van der Waals surface area contributed by atoms with Crippen molar-refractivity contribution in [2.45, 2.75) is 32.9 Å². The van der Waals surface area contributed by atoms with Crippen LogP contribution in [0.1, 0.15) is 30.9 Å². The van der Waals surface area contributed by atoms with Crippen LogP contribution in [0.3, 0.4) is 0 Å². The van der Waals surface area contributed by atoms with Crippen LogP contribution in [0.25, 0.3) is 0 Å². The van der Waals surface area contributed by atoms with Gasteiger partial charge in [-0.1, -0.05) is 24.3 Å². The van der Waals surface area contributed by atoms with Crippen molar-refractivity contribution in [3.05, 3.63) is 52.9 Å². The SMILES string of the molecule is CCNC(=NCCCC(=O)N1Cc2ccccc2C1)N1CCN(c2cccs2)CC1. The topological polar surface area (TPSA) is 51.2 Å². The molecule has 1 aromatic heterocycles. The van der Waals surface area contributed by atoms with E-state index in [0.717, 1.165) is 58.2 Å². The molecule has 0 radical (unpaired) electrons. The Labute approximate surface area is 183 Å². The minimum atomic E-state index is 0.232. The third-order valence-corrected chi connectivity index (χ3v) is 6.66. The Morgan fingerprint density at radius 1 is 1.03 bits per heavy atom. The van der Waals surface area contributed by atoms with E-state index in [-0.39, 0.29) is 5.91 Å². The van der Waals surface area contributed by atoms with E-state index in [4.69, 9.17) is 4.99 Å². The van der Waals surface area contributed by atoms with Crippen LogP contribution in [0, 0.1) is 0 Å². The third-order valence-electron chi connectivity index (χ3n) is 5.74. The molecule has 2 aliphatic rings. The number of amides is 1. The molecule has 0 spiro atoms. The number of thiophene rings is 1. The summed E-state index contributed by atoms with van der Waals surface area (Å²) in [6, 6.07) is 12.6. The zero-order valence-electron chi connectivity index (χ0n) is 17.7. The summed E-state index contributed by atoms with van der Waals surface area (Å²) in [4.78, 5) is 24.1. The van der Waals surface area contributed by atoms with E-state index >= 15 is 0 Å². The number of rotatable bonds is 6. The number of aliphatic imine (C=N–C) groups is 1. The smallest absolute Gasteiger partial charge is 0.223 e. The number of hydrogen-bond acceptors (Lipinski definition) is 4. The molecule has 3 heterocycles. The first-order chi connectivity index (χ1) is 14.7. The number of guanidine groups is 1. The van der Waals surface area contributed by atoms with Gasteiger partial charge in [-0.3, -0.25) is 9.79 Å². The Kier molecular flexibility index (Phi) is 6.89. The molecule has 30 heavy (non-hydrogen) atoms. The number of benzene rings is 1. The average Bonchev–Trinajstić information content (AvgIpc) is 3.46. The molecule has 6 nitrogen and oxygen atoms in total. The standard InChI is InChI=1S/C23H31N5OS/c1-2-24-23(27-14-12-26(13-15-27)22-10-6-16-30-22)25-11-5-9-21(29)28-17-19-7-3-4-8-20(19)18-28/h3-4,6-8,10,16H,2,5,9,11-15,17-18H2,1H3,(H,24,25). The Hall–Kier alpha value is -2.54. The lowest BCUT2D eigenvalue weighted by atomic mass is 10.1. The maximum absolute atomic E-state index is 12.6. The van der Waals surface area contributed by atoms with Gasteiger partial charge in [-0.2, -0.15) is 0 Å². The van der Waals surface area contributed by atoms with Crippen molar-refractivity contribution in [1.29, 1.82) is 0 Å². The number of piperazine rings is 1. The molecule has 7 heteroatoms. The fourth-order valence-corrected chi connectivity index (χ4v) is 4.88. The van der Waals surface area contributed by atoms with Gasteiger partial charge in [0.25, 0.3) is 0 Å². The lowest BCUT2D eigenvalue weighted by Gasteiger charge is -2.37. The summed E-state index contributed by atoms with van der Waals surface area (Å²) in [7, 11) is 0. The Morgan fingerprint density at radius 2 is 1.77 bits per heavy atom. The van der Waals surface area contributed by atoms with Gasteiger partial charge in [0.05, 0.1) is 5.00 Å². The molecule has 1 N–H and O–H groups in total. The highest BCUT2D eigenvalue weighted by Gasteiger charge is 2.23. The lowest BCUT2D eigenvalue weighted by molar-refractivity contribution is -0.131. The molecule has 0 atom stereocenters. The number of fused-ring (bicyclic) bond motifs is 1. The van der Waals surface area contributed by atoms with Crippen molar-refractivity contribution in [1.82, 2.24) is 15.1 Å². The van der Waals surface area contributed by atoms with Crippen LogP contribution >= 0.6 is 11.3 Å². The monoisotopic (exact) mass is 425 g/mol. The van der Waals surface area contributed by atoms with Crippen LogP contribution in [0.4, 0.5) is 5.00 Å². The number of carbonyl (C=O) groups is 1. The second-order valence-corrected chi connectivity index (χ2v) is 8.71. The molecule has 1 aromatic carbocycles. The Balaban J connectivity index is 1.23. The van der Waals surface area contributed by atoms with Gasteiger partial charge >= 0.3 is 0 Å². The predicted molar refractivity (Wildman–Crippen MR) is 124 cm³/mol. The van der Waals surface area contributed by atoms with E-state index in [0.29, 0.717) is 13.0 Å². The summed E-state index contributed by atoms with van der Waals surface area (Å²) in [5.41, 5.74) is 2.56. The van der Waals surface area contributed by atoms with Gasteiger partial charge in [-0.05, 0) is 42.0 Å². The molecule has 4 rings (SSSR count). The minimum Gasteiger partial charge on any atom is -0.360 e. The first-order valence-electron chi connectivity index (χ1n) is 10.9. The van der Waals surface area contributed by atoms with Gasteiger partial charge in [0.2, 0.25) is 5.91 Å². The van der Waals surface area contributed by atoms with Gasteiger partial charge in [0.1, 0.15) is 0 Å². The highest BCUT2D eigenvalue weighted by molar-refractivity contribution is 7.14. The van der Waals surface area contributed by atoms with E-state index in [1.54, 1.807) is 11.3 Å². The zero-order chi connectivity index (χ0) is 20.8. The predicted octanol–water partition coefficient (Wildman–Crippen LogP) is 3.16. The van der Waals surface area contributed by atoms with Crippen molar-refractivity contribution < 1.29 is 4.79 Å². The number of nitrogens with zero attached hydrogens (tertiary/aromatic N) is 4. The van der Waals surface area contributed by atoms with Gasteiger partial charge < -0.3 is 20.0 Å². The summed E-state index contributed by atoms with van der Waals surface area (Å²) >= 11 is 1.80. The first-order valence-corrected chi connectivity index (χ1v) is 11.8. The van der Waals surface area contributed by atoms with Crippen LogP contribution in [0.15, 0.2) is 46.8 Å². The van der Waals surface area contributed by atoms with E-state index in [1.165, 1.54) is 16.1 Å².